The van der Waals surface area contributed by atoms with Gasteiger partial charge in [-0.2, -0.15) is 0 Å². The molecule has 1 aromatic heterocycles. The third kappa shape index (κ3) is 8.42. The number of azide groups is 1. The van der Waals surface area contributed by atoms with Crippen molar-refractivity contribution in [2.45, 2.75) is 52.5 Å². The van der Waals surface area contributed by atoms with Crippen LogP contribution in [0.2, 0.25) is 0 Å². The number of aromatic nitrogens is 2. The van der Waals surface area contributed by atoms with Crippen molar-refractivity contribution in [3.8, 4) is 0 Å². The van der Waals surface area contributed by atoms with E-state index in [-0.39, 0.29) is 13.0 Å². The van der Waals surface area contributed by atoms with E-state index < -0.39 is 42.8 Å². The van der Waals surface area contributed by atoms with Gasteiger partial charge in [-0.05, 0) is 32.1 Å². The molecule has 0 saturated carbocycles. The van der Waals surface area contributed by atoms with Crippen molar-refractivity contribution in [2.75, 3.05) is 31.9 Å². The van der Waals surface area contributed by atoms with Gasteiger partial charge in [0.25, 0.3) is 5.56 Å². The molecule has 0 aliphatic carbocycles. The molecule has 176 valence electrons. The Bertz CT molecular complexity index is 908. The number of rotatable bonds is 9. The highest BCUT2D eigenvalue weighted by molar-refractivity contribution is 7.54. The van der Waals surface area contributed by atoms with Gasteiger partial charge in [-0.15, -0.1) is 11.6 Å². The third-order valence-corrected chi connectivity index (χ3v) is 6.55. The molecule has 4 atom stereocenters. The van der Waals surface area contributed by atoms with Crippen LogP contribution in [-0.2, 0) is 13.8 Å². The molecule has 0 bridgehead atoms. The number of halogens is 1. The molecule has 31 heavy (non-hydrogen) atoms. The molecular weight excluding hydrogens is 451 g/mol. The van der Waals surface area contributed by atoms with Crippen LogP contribution in [0.15, 0.2) is 20.9 Å². The van der Waals surface area contributed by atoms with Gasteiger partial charge in [-0.1, -0.05) is 25.9 Å². The topological polar surface area (TPSA) is 163 Å². The quantitative estimate of drug-likeness (QED) is 0.180. The Balaban J connectivity index is 0.000000592. The van der Waals surface area contributed by atoms with Crippen molar-refractivity contribution < 1.29 is 18.7 Å². The number of nitrogens with one attached hydrogen (secondary N) is 1. The Hall–Kier alpha value is -1.65. The molecule has 2 unspecified atom stereocenters. The van der Waals surface area contributed by atoms with Crippen molar-refractivity contribution in [3.05, 3.63) is 43.0 Å². The molecule has 0 radical (unpaired) electrons. The second kappa shape index (κ2) is 13.0. The number of H-pyrrole nitrogens is 1. The molecule has 1 aliphatic rings. The lowest BCUT2D eigenvalue weighted by atomic mass is 10.1. The largest absolute Gasteiger partial charge is 0.352 e. The van der Waals surface area contributed by atoms with Crippen LogP contribution < -0.4 is 11.2 Å². The van der Waals surface area contributed by atoms with Gasteiger partial charge in [-0.3, -0.25) is 18.9 Å². The van der Waals surface area contributed by atoms with E-state index in [4.69, 9.17) is 26.4 Å². The van der Waals surface area contributed by atoms with Crippen LogP contribution in [0.3, 0.4) is 0 Å². The lowest BCUT2D eigenvalue weighted by Gasteiger charge is -2.18. The fraction of sp³-hybridized carbons (Fsp3) is 0.765. The second-order valence-corrected chi connectivity index (χ2v) is 9.28. The Morgan fingerprint density at radius 2 is 2.03 bits per heavy atom. The third-order valence-electron chi connectivity index (χ3n) is 4.79. The van der Waals surface area contributed by atoms with E-state index in [0.29, 0.717) is 5.56 Å². The maximum absolute atomic E-state index is 11.9. The van der Waals surface area contributed by atoms with Crippen LogP contribution in [0.5, 0.6) is 0 Å². The predicted octanol–water partition coefficient (Wildman–Crippen LogP) is 2.56. The SMILES string of the molecule is CCN(CC)CC.Cc1cn([C@H]2CC(N=[N+]=[N-])[C@@H](COP(=O)(O)CCl)O2)c(=O)[nH]c1=O. The van der Waals surface area contributed by atoms with Crippen molar-refractivity contribution >= 4 is 19.2 Å². The first-order valence-corrected chi connectivity index (χ1v) is 12.2. The summed E-state index contributed by atoms with van der Waals surface area (Å²) in [5.41, 5.74) is 7.16. The molecule has 1 saturated heterocycles. The predicted molar refractivity (Wildman–Crippen MR) is 117 cm³/mol. The first kappa shape index (κ1) is 27.4. The molecule has 0 aromatic carbocycles. The van der Waals surface area contributed by atoms with Gasteiger partial charge in [0.1, 0.15) is 11.8 Å². The molecule has 1 fully saturated rings. The number of hydrogen-bond donors (Lipinski definition) is 2. The summed E-state index contributed by atoms with van der Waals surface area (Å²) in [4.78, 5) is 39.9. The zero-order valence-electron chi connectivity index (χ0n) is 18.1. The van der Waals surface area contributed by atoms with Gasteiger partial charge in [0.15, 0.2) is 0 Å². The van der Waals surface area contributed by atoms with Crippen LogP contribution in [-0.4, -0.2) is 63.4 Å². The monoisotopic (exact) mass is 480 g/mol. The summed E-state index contributed by atoms with van der Waals surface area (Å²) in [6.45, 7) is 11.3. The summed E-state index contributed by atoms with van der Waals surface area (Å²) in [6.07, 6.45) is -0.183. The van der Waals surface area contributed by atoms with Crippen LogP contribution >= 0.6 is 19.2 Å². The molecule has 14 heteroatoms. The van der Waals surface area contributed by atoms with Gasteiger partial charge < -0.3 is 19.1 Å². The maximum Gasteiger partial charge on any atom is 0.342 e. The van der Waals surface area contributed by atoms with Crippen molar-refractivity contribution in [3.63, 3.8) is 0 Å². The fourth-order valence-electron chi connectivity index (χ4n) is 2.92. The summed E-state index contributed by atoms with van der Waals surface area (Å²) in [7, 11) is -3.95. The molecule has 2 rings (SSSR count). The highest BCUT2D eigenvalue weighted by Crippen LogP contribution is 2.44. The lowest BCUT2D eigenvalue weighted by Crippen LogP contribution is -2.33. The minimum atomic E-state index is -3.95. The highest BCUT2D eigenvalue weighted by atomic mass is 35.5. The van der Waals surface area contributed by atoms with E-state index >= 15 is 0 Å². The fourth-order valence-corrected chi connectivity index (χ4v) is 3.57. The molecule has 0 spiro atoms. The lowest BCUT2D eigenvalue weighted by molar-refractivity contribution is -0.0238. The minimum absolute atomic E-state index is 0.139. The maximum atomic E-state index is 11.9. The molecule has 0 amide bonds. The molecular formula is C17H30ClN6O6P. The summed E-state index contributed by atoms with van der Waals surface area (Å²) in [6, 6.07) is -0.713. The minimum Gasteiger partial charge on any atom is -0.352 e. The Kier molecular flexibility index (Phi) is 11.5. The number of nitrogens with zero attached hydrogens (tertiary/aromatic N) is 5. The number of ether oxygens (including phenoxy) is 1. The first-order valence-electron chi connectivity index (χ1n) is 9.88. The zero-order chi connectivity index (χ0) is 23.6. The second-order valence-electron chi connectivity index (χ2n) is 6.79. The van der Waals surface area contributed by atoms with Crippen LogP contribution in [0, 0.1) is 6.92 Å². The number of aromatic amines is 1. The summed E-state index contributed by atoms with van der Waals surface area (Å²) >= 11 is 5.31. The van der Waals surface area contributed by atoms with E-state index in [0.717, 1.165) is 4.57 Å². The van der Waals surface area contributed by atoms with E-state index in [2.05, 4.69) is 40.7 Å². The van der Waals surface area contributed by atoms with E-state index in [1.807, 2.05) is 0 Å². The van der Waals surface area contributed by atoms with Gasteiger partial charge in [-0.25, -0.2) is 4.79 Å². The van der Waals surface area contributed by atoms with Crippen molar-refractivity contribution in [2.24, 2.45) is 5.11 Å². The molecule has 1 aromatic rings. The average molecular weight is 481 g/mol. The summed E-state index contributed by atoms with van der Waals surface area (Å²) in [5, 5.41) is 3.56. The van der Waals surface area contributed by atoms with E-state index in [1.54, 1.807) is 0 Å². The highest BCUT2D eigenvalue weighted by Gasteiger charge is 2.37. The number of aryl methyl sites for hydroxylation is 1. The molecule has 2 N–H and O–H groups in total. The normalized spacial score (nSPS) is 22.4. The zero-order valence-corrected chi connectivity index (χ0v) is 19.8. The molecule has 12 nitrogen and oxygen atoms in total. The summed E-state index contributed by atoms with van der Waals surface area (Å²) in [5.74, 6) is 0. The van der Waals surface area contributed by atoms with Crippen LogP contribution in [0.4, 0.5) is 0 Å². The Labute approximate surface area is 185 Å². The Morgan fingerprint density at radius 1 is 1.42 bits per heavy atom. The standard InChI is InChI=1S/C11H15ClN5O6P.C6H15N/c1-6-3-17(11(19)14-10(6)18)9-2-7(15-16-13)8(23-9)4-22-24(20,21)5-12;1-4-7(5-2)6-3/h3,7-9H,2,4-5H2,1H3,(H,20,21)(H,14,18,19);4-6H2,1-3H3/t7?,8-,9-;/m1./s1. The van der Waals surface area contributed by atoms with E-state index in [1.165, 1.54) is 32.8 Å². The van der Waals surface area contributed by atoms with Crippen molar-refractivity contribution in [1.29, 1.82) is 0 Å². The van der Waals surface area contributed by atoms with Crippen LogP contribution in [0.1, 0.15) is 39.0 Å². The van der Waals surface area contributed by atoms with Crippen LogP contribution in [0.25, 0.3) is 10.4 Å². The first-order chi connectivity index (χ1) is 14.6. The number of alkyl halides is 1. The molecule has 1 aliphatic heterocycles. The Morgan fingerprint density at radius 3 is 2.52 bits per heavy atom. The average Bonchev–Trinajstić information content (AvgIpc) is 3.14. The van der Waals surface area contributed by atoms with Crippen molar-refractivity contribution in [1.82, 2.24) is 14.5 Å². The number of hydrogen-bond acceptors (Lipinski definition) is 7. The molecule has 2 heterocycles. The van der Waals surface area contributed by atoms with Gasteiger partial charge in [0.05, 0.1) is 18.8 Å². The van der Waals surface area contributed by atoms with Gasteiger partial charge in [0, 0.05) is 23.1 Å². The van der Waals surface area contributed by atoms with Gasteiger partial charge >= 0.3 is 13.3 Å². The van der Waals surface area contributed by atoms with E-state index in [9.17, 15) is 19.0 Å². The smallest absolute Gasteiger partial charge is 0.342 e. The summed E-state index contributed by atoms with van der Waals surface area (Å²) < 4.78 is 23.0. The van der Waals surface area contributed by atoms with Gasteiger partial charge in [0.2, 0.25) is 0 Å².